The van der Waals surface area contributed by atoms with Crippen molar-refractivity contribution in [3.8, 4) is 17.6 Å². The summed E-state index contributed by atoms with van der Waals surface area (Å²) >= 11 is 0. The van der Waals surface area contributed by atoms with Gasteiger partial charge in [-0.15, -0.1) is 0 Å². The number of rotatable bonds is 7. The molecular formula is C25H24N2O3. The summed E-state index contributed by atoms with van der Waals surface area (Å²) in [6, 6.07) is 21.6. The normalized spacial score (nSPS) is 11.2. The third-order valence-corrected chi connectivity index (χ3v) is 4.49. The van der Waals surface area contributed by atoms with Crippen LogP contribution in [0.25, 0.3) is 16.8 Å². The predicted octanol–water partition coefficient (Wildman–Crippen LogP) is 4.86. The Balaban J connectivity index is 1.77. The van der Waals surface area contributed by atoms with Crippen molar-refractivity contribution < 1.29 is 14.3 Å². The minimum absolute atomic E-state index is 0.0376. The van der Waals surface area contributed by atoms with E-state index >= 15 is 0 Å². The van der Waals surface area contributed by atoms with Crippen molar-refractivity contribution in [3.05, 3.63) is 77.4 Å². The SMILES string of the molecule is COc1cc(/C=C(/C#N)C(=O)NC(C)C)ccc1OCc1ccc2ccccc2c1. The number of carbonyl (C=O) groups is 1. The number of nitrogens with zero attached hydrogens (tertiary/aromatic N) is 1. The van der Waals surface area contributed by atoms with Crippen molar-refractivity contribution in [3.63, 3.8) is 0 Å². The van der Waals surface area contributed by atoms with Crippen LogP contribution in [0, 0.1) is 11.3 Å². The maximum absolute atomic E-state index is 12.1. The van der Waals surface area contributed by atoms with Crippen molar-refractivity contribution >= 4 is 22.8 Å². The second-order valence-corrected chi connectivity index (χ2v) is 7.18. The van der Waals surface area contributed by atoms with Gasteiger partial charge < -0.3 is 14.8 Å². The minimum Gasteiger partial charge on any atom is -0.493 e. The molecule has 0 heterocycles. The molecule has 0 radical (unpaired) electrons. The molecule has 0 bridgehead atoms. The molecule has 0 saturated carbocycles. The van der Waals surface area contributed by atoms with E-state index < -0.39 is 5.91 Å². The Hall–Kier alpha value is -3.78. The lowest BCUT2D eigenvalue weighted by atomic mass is 10.1. The number of amides is 1. The summed E-state index contributed by atoms with van der Waals surface area (Å²) in [5.41, 5.74) is 1.77. The first kappa shape index (κ1) is 20.9. The molecule has 1 amide bonds. The minimum atomic E-state index is -0.400. The number of nitrogens with one attached hydrogen (secondary N) is 1. The largest absolute Gasteiger partial charge is 0.493 e. The molecule has 0 fully saturated rings. The van der Waals surface area contributed by atoms with Gasteiger partial charge in [0.25, 0.3) is 5.91 Å². The van der Waals surface area contributed by atoms with E-state index in [4.69, 9.17) is 9.47 Å². The second kappa shape index (κ2) is 9.62. The topological polar surface area (TPSA) is 71.3 Å². The zero-order chi connectivity index (χ0) is 21.5. The molecular weight excluding hydrogens is 376 g/mol. The van der Waals surface area contributed by atoms with Gasteiger partial charge >= 0.3 is 0 Å². The number of benzene rings is 3. The van der Waals surface area contributed by atoms with Crippen LogP contribution in [-0.4, -0.2) is 19.1 Å². The average Bonchev–Trinajstić information content (AvgIpc) is 2.75. The molecule has 0 atom stereocenters. The van der Waals surface area contributed by atoms with Crippen LogP contribution in [0.15, 0.2) is 66.2 Å². The smallest absolute Gasteiger partial charge is 0.262 e. The van der Waals surface area contributed by atoms with Gasteiger partial charge in [-0.2, -0.15) is 5.26 Å². The fraction of sp³-hybridized carbons (Fsp3) is 0.200. The number of hydrogen-bond donors (Lipinski definition) is 1. The van der Waals surface area contributed by atoms with Gasteiger partial charge in [-0.3, -0.25) is 4.79 Å². The van der Waals surface area contributed by atoms with Crippen molar-refractivity contribution in [1.82, 2.24) is 5.32 Å². The van der Waals surface area contributed by atoms with Crippen molar-refractivity contribution in [1.29, 1.82) is 5.26 Å². The van der Waals surface area contributed by atoms with Gasteiger partial charge in [0, 0.05) is 6.04 Å². The fourth-order valence-corrected chi connectivity index (χ4v) is 3.04. The fourth-order valence-electron chi connectivity index (χ4n) is 3.04. The van der Waals surface area contributed by atoms with E-state index in [0.29, 0.717) is 23.7 Å². The van der Waals surface area contributed by atoms with Crippen LogP contribution in [0.2, 0.25) is 0 Å². The Morgan fingerprint density at radius 1 is 1.07 bits per heavy atom. The molecule has 0 unspecified atom stereocenters. The second-order valence-electron chi connectivity index (χ2n) is 7.18. The zero-order valence-electron chi connectivity index (χ0n) is 17.3. The number of methoxy groups -OCH3 is 1. The Labute approximate surface area is 176 Å². The number of hydrogen-bond acceptors (Lipinski definition) is 4. The lowest BCUT2D eigenvalue weighted by Gasteiger charge is -2.12. The van der Waals surface area contributed by atoms with Gasteiger partial charge in [0.2, 0.25) is 0 Å². The highest BCUT2D eigenvalue weighted by Gasteiger charge is 2.12. The third kappa shape index (κ3) is 5.18. The molecule has 0 saturated heterocycles. The van der Waals surface area contributed by atoms with E-state index in [1.165, 1.54) is 11.5 Å². The summed E-state index contributed by atoms with van der Waals surface area (Å²) in [6.45, 7) is 4.09. The highest BCUT2D eigenvalue weighted by atomic mass is 16.5. The Morgan fingerprint density at radius 2 is 1.83 bits per heavy atom. The summed E-state index contributed by atoms with van der Waals surface area (Å²) in [4.78, 5) is 12.1. The van der Waals surface area contributed by atoms with Gasteiger partial charge in [-0.25, -0.2) is 0 Å². The van der Waals surface area contributed by atoms with Crippen LogP contribution < -0.4 is 14.8 Å². The number of ether oxygens (including phenoxy) is 2. The van der Waals surface area contributed by atoms with E-state index in [1.807, 2.05) is 38.1 Å². The number of fused-ring (bicyclic) bond motifs is 1. The molecule has 0 aliphatic heterocycles. The molecule has 0 aliphatic carbocycles. The summed E-state index contributed by atoms with van der Waals surface area (Å²) in [6.07, 6.45) is 1.54. The monoisotopic (exact) mass is 400 g/mol. The van der Waals surface area contributed by atoms with Crippen LogP contribution in [0.3, 0.4) is 0 Å². The quantitative estimate of drug-likeness (QED) is 0.454. The molecule has 1 N–H and O–H groups in total. The standard InChI is InChI=1S/C25H24N2O3/c1-17(2)27-25(28)22(15-26)12-18-9-11-23(24(14-18)29-3)30-16-19-8-10-20-6-4-5-7-21(20)13-19/h4-14,17H,16H2,1-3H3,(H,27,28)/b22-12-. The molecule has 3 rings (SSSR count). The van der Waals surface area contributed by atoms with Crippen molar-refractivity contribution in [2.45, 2.75) is 26.5 Å². The Kier molecular flexibility index (Phi) is 6.71. The lowest BCUT2D eigenvalue weighted by Crippen LogP contribution is -2.30. The van der Waals surface area contributed by atoms with Gasteiger partial charge in [0.1, 0.15) is 18.2 Å². The predicted molar refractivity (Wildman–Crippen MR) is 118 cm³/mol. The summed E-state index contributed by atoms with van der Waals surface area (Å²) in [5, 5.41) is 14.4. The van der Waals surface area contributed by atoms with Gasteiger partial charge in [-0.05, 0) is 60.0 Å². The van der Waals surface area contributed by atoms with Crippen molar-refractivity contribution in [2.75, 3.05) is 7.11 Å². The summed E-state index contributed by atoms with van der Waals surface area (Å²) < 4.78 is 11.4. The summed E-state index contributed by atoms with van der Waals surface area (Å²) in [5.74, 6) is 0.724. The maximum atomic E-state index is 12.1. The van der Waals surface area contributed by atoms with Crippen LogP contribution in [0.4, 0.5) is 0 Å². The molecule has 5 nitrogen and oxygen atoms in total. The van der Waals surface area contributed by atoms with Gasteiger partial charge in [-0.1, -0.05) is 42.5 Å². The first-order valence-electron chi connectivity index (χ1n) is 9.71. The molecule has 3 aromatic carbocycles. The first-order valence-corrected chi connectivity index (χ1v) is 9.71. The van der Waals surface area contributed by atoms with Gasteiger partial charge in [0.05, 0.1) is 7.11 Å². The average molecular weight is 400 g/mol. The van der Waals surface area contributed by atoms with Crippen LogP contribution in [-0.2, 0) is 11.4 Å². The van der Waals surface area contributed by atoms with Crippen molar-refractivity contribution in [2.24, 2.45) is 0 Å². The maximum Gasteiger partial charge on any atom is 0.262 e. The zero-order valence-corrected chi connectivity index (χ0v) is 17.3. The van der Waals surface area contributed by atoms with E-state index in [2.05, 4.69) is 29.6 Å². The van der Waals surface area contributed by atoms with E-state index in [9.17, 15) is 10.1 Å². The van der Waals surface area contributed by atoms with Crippen LogP contribution in [0.1, 0.15) is 25.0 Å². The lowest BCUT2D eigenvalue weighted by molar-refractivity contribution is -0.117. The molecule has 0 aromatic heterocycles. The van der Waals surface area contributed by atoms with Gasteiger partial charge in [0.15, 0.2) is 11.5 Å². The molecule has 0 spiro atoms. The highest BCUT2D eigenvalue weighted by molar-refractivity contribution is 6.01. The van der Waals surface area contributed by atoms with E-state index in [0.717, 1.165) is 10.9 Å². The molecule has 3 aromatic rings. The molecule has 30 heavy (non-hydrogen) atoms. The number of carbonyl (C=O) groups excluding carboxylic acids is 1. The molecule has 5 heteroatoms. The Bertz CT molecular complexity index is 1130. The third-order valence-electron chi connectivity index (χ3n) is 4.49. The first-order chi connectivity index (χ1) is 14.5. The van der Waals surface area contributed by atoms with E-state index in [1.54, 1.807) is 25.3 Å². The molecule has 152 valence electrons. The highest BCUT2D eigenvalue weighted by Crippen LogP contribution is 2.30. The Morgan fingerprint density at radius 3 is 2.53 bits per heavy atom. The molecule has 0 aliphatic rings. The van der Waals surface area contributed by atoms with Crippen LogP contribution in [0.5, 0.6) is 11.5 Å². The van der Waals surface area contributed by atoms with Crippen LogP contribution >= 0.6 is 0 Å². The van der Waals surface area contributed by atoms with E-state index in [-0.39, 0.29) is 11.6 Å². The number of nitriles is 1. The summed E-state index contributed by atoms with van der Waals surface area (Å²) in [7, 11) is 1.56.